The molecule has 1 aliphatic rings. The smallest absolute Gasteiger partial charge is 0.325 e. The molecule has 0 radical (unpaired) electrons. The molecule has 82 valence electrons. The summed E-state index contributed by atoms with van der Waals surface area (Å²) in [7, 11) is 0. The number of nitrogens with zero attached hydrogens (tertiary/aromatic N) is 1. The first-order chi connectivity index (χ1) is 6.44. The molecule has 0 aromatic carbocycles. The SMILES string of the molecule is CC(C)CN1CCCC(N)(C(=O)O)C1. The highest BCUT2D eigenvalue weighted by Gasteiger charge is 2.38. The van der Waals surface area contributed by atoms with Crippen LogP contribution in [0.2, 0.25) is 0 Å². The van der Waals surface area contributed by atoms with Crippen LogP contribution in [-0.4, -0.2) is 41.1 Å². The van der Waals surface area contributed by atoms with Gasteiger partial charge in [0.2, 0.25) is 0 Å². The molecule has 0 aromatic heterocycles. The zero-order valence-electron chi connectivity index (χ0n) is 8.99. The second-order valence-electron chi connectivity index (χ2n) is 4.69. The Morgan fingerprint density at radius 2 is 2.29 bits per heavy atom. The third-order valence-corrected chi connectivity index (χ3v) is 2.65. The van der Waals surface area contributed by atoms with E-state index in [4.69, 9.17) is 10.8 Å². The minimum atomic E-state index is -1.02. The Kier molecular flexibility index (Phi) is 3.50. The summed E-state index contributed by atoms with van der Waals surface area (Å²) < 4.78 is 0. The lowest BCUT2D eigenvalue weighted by Gasteiger charge is -2.37. The van der Waals surface area contributed by atoms with E-state index in [0.717, 1.165) is 19.5 Å². The maximum atomic E-state index is 11.0. The van der Waals surface area contributed by atoms with E-state index in [-0.39, 0.29) is 0 Å². The Morgan fingerprint density at radius 3 is 2.79 bits per heavy atom. The van der Waals surface area contributed by atoms with Gasteiger partial charge in [0.1, 0.15) is 5.54 Å². The Labute approximate surface area is 85.1 Å². The number of hydrogen-bond donors (Lipinski definition) is 2. The standard InChI is InChI=1S/C10H20N2O2/c1-8(2)6-12-5-3-4-10(11,7-12)9(13)14/h8H,3-7,11H2,1-2H3,(H,13,14). The highest BCUT2D eigenvalue weighted by molar-refractivity contribution is 5.78. The van der Waals surface area contributed by atoms with Gasteiger partial charge in [-0.2, -0.15) is 0 Å². The highest BCUT2D eigenvalue weighted by atomic mass is 16.4. The van der Waals surface area contributed by atoms with Crippen LogP contribution in [0.3, 0.4) is 0 Å². The van der Waals surface area contributed by atoms with Crippen molar-refractivity contribution in [1.29, 1.82) is 0 Å². The molecular formula is C10H20N2O2. The Morgan fingerprint density at radius 1 is 1.64 bits per heavy atom. The van der Waals surface area contributed by atoms with E-state index >= 15 is 0 Å². The van der Waals surface area contributed by atoms with Crippen molar-refractivity contribution in [2.75, 3.05) is 19.6 Å². The molecule has 1 heterocycles. The minimum Gasteiger partial charge on any atom is -0.480 e. The van der Waals surface area contributed by atoms with Crippen molar-refractivity contribution in [3.05, 3.63) is 0 Å². The first-order valence-corrected chi connectivity index (χ1v) is 5.19. The fraction of sp³-hybridized carbons (Fsp3) is 0.900. The van der Waals surface area contributed by atoms with Crippen molar-refractivity contribution in [2.45, 2.75) is 32.2 Å². The monoisotopic (exact) mass is 200 g/mol. The van der Waals surface area contributed by atoms with Crippen molar-refractivity contribution in [3.8, 4) is 0 Å². The van der Waals surface area contributed by atoms with Gasteiger partial charge in [-0.25, -0.2) is 0 Å². The van der Waals surface area contributed by atoms with Gasteiger partial charge in [-0.1, -0.05) is 13.8 Å². The molecule has 14 heavy (non-hydrogen) atoms. The van der Waals surface area contributed by atoms with Gasteiger partial charge >= 0.3 is 5.97 Å². The zero-order chi connectivity index (χ0) is 10.8. The van der Waals surface area contributed by atoms with E-state index < -0.39 is 11.5 Å². The molecule has 1 fully saturated rings. The summed E-state index contributed by atoms with van der Waals surface area (Å²) in [5.74, 6) is -0.308. The number of nitrogens with two attached hydrogens (primary N) is 1. The fourth-order valence-electron chi connectivity index (χ4n) is 2.02. The van der Waals surface area contributed by atoms with Crippen molar-refractivity contribution in [3.63, 3.8) is 0 Å². The molecule has 0 aliphatic carbocycles. The van der Waals surface area contributed by atoms with E-state index in [0.29, 0.717) is 18.9 Å². The van der Waals surface area contributed by atoms with Gasteiger partial charge < -0.3 is 15.7 Å². The number of likely N-dealkylation sites (tertiary alicyclic amines) is 1. The van der Waals surface area contributed by atoms with Crippen molar-refractivity contribution in [1.82, 2.24) is 4.90 Å². The quantitative estimate of drug-likeness (QED) is 0.697. The van der Waals surface area contributed by atoms with Crippen molar-refractivity contribution in [2.24, 2.45) is 11.7 Å². The Hall–Kier alpha value is -0.610. The summed E-state index contributed by atoms with van der Waals surface area (Å²) in [5.41, 5.74) is 4.81. The third kappa shape index (κ3) is 2.69. The molecule has 0 spiro atoms. The van der Waals surface area contributed by atoms with Crippen LogP contribution in [0.1, 0.15) is 26.7 Å². The summed E-state index contributed by atoms with van der Waals surface area (Å²) in [4.78, 5) is 13.1. The van der Waals surface area contributed by atoms with Gasteiger partial charge in [-0.05, 0) is 25.3 Å². The largest absolute Gasteiger partial charge is 0.480 e. The summed E-state index contributed by atoms with van der Waals surface area (Å²) >= 11 is 0. The first kappa shape index (κ1) is 11.5. The van der Waals surface area contributed by atoms with Gasteiger partial charge in [0.15, 0.2) is 0 Å². The van der Waals surface area contributed by atoms with Crippen LogP contribution in [-0.2, 0) is 4.79 Å². The highest BCUT2D eigenvalue weighted by Crippen LogP contribution is 2.19. The second kappa shape index (κ2) is 4.28. The third-order valence-electron chi connectivity index (χ3n) is 2.65. The molecule has 3 N–H and O–H groups in total. The van der Waals surface area contributed by atoms with Crippen LogP contribution < -0.4 is 5.73 Å². The molecule has 4 heteroatoms. The van der Waals surface area contributed by atoms with E-state index in [1.807, 2.05) is 0 Å². The fourth-order valence-corrected chi connectivity index (χ4v) is 2.02. The predicted octanol–water partition coefficient (Wildman–Crippen LogP) is 0.520. The van der Waals surface area contributed by atoms with E-state index in [9.17, 15) is 4.79 Å². The van der Waals surface area contributed by atoms with E-state index in [2.05, 4.69) is 18.7 Å². The van der Waals surface area contributed by atoms with E-state index in [1.165, 1.54) is 0 Å². The van der Waals surface area contributed by atoms with Crippen LogP contribution in [0.15, 0.2) is 0 Å². The molecule has 1 atom stereocenters. The van der Waals surface area contributed by atoms with Gasteiger partial charge in [0.05, 0.1) is 0 Å². The summed E-state index contributed by atoms with van der Waals surface area (Å²) in [6.45, 7) is 6.66. The van der Waals surface area contributed by atoms with Crippen molar-refractivity contribution < 1.29 is 9.90 Å². The van der Waals surface area contributed by atoms with Crippen LogP contribution in [0.4, 0.5) is 0 Å². The van der Waals surface area contributed by atoms with Gasteiger partial charge in [-0.3, -0.25) is 4.79 Å². The van der Waals surface area contributed by atoms with Gasteiger partial charge in [-0.15, -0.1) is 0 Å². The molecule has 4 nitrogen and oxygen atoms in total. The van der Waals surface area contributed by atoms with Gasteiger partial charge in [0, 0.05) is 13.1 Å². The lowest BCUT2D eigenvalue weighted by atomic mass is 9.90. The number of carboxylic acids is 1. The van der Waals surface area contributed by atoms with Crippen LogP contribution >= 0.6 is 0 Å². The van der Waals surface area contributed by atoms with Gasteiger partial charge in [0.25, 0.3) is 0 Å². The Bertz CT molecular complexity index is 218. The molecule has 1 saturated heterocycles. The van der Waals surface area contributed by atoms with Crippen LogP contribution in [0.5, 0.6) is 0 Å². The predicted molar refractivity (Wildman–Crippen MR) is 55.1 cm³/mol. The number of carboxylic acid groups (broad SMARTS) is 1. The zero-order valence-corrected chi connectivity index (χ0v) is 8.99. The molecular weight excluding hydrogens is 180 g/mol. The maximum absolute atomic E-state index is 11.0. The Balaban J connectivity index is 2.55. The normalized spacial score (nSPS) is 29.4. The number of rotatable bonds is 3. The van der Waals surface area contributed by atoms with Crippen LogP contribution in [0, 0.1) is 5.92 Å². The molecule has 0 bridgehead atoms. The lowest BCUT2D eigenvalue weighted by Crippen LogP contribution is -2.59. The number of hydrogen-bond acceptors (Lipinski definition) is 3. The second-order valence-corrected chi connectivity index (χ2v) is 4.69. The summed E-state index contributed by atoms with van der Waals surface area (Å²) in [6.07, 6.45) is 1.48. The minimum absolute atomic E-state index is 0.487. The molecule has 0 amide bonds. The molecule has 0 aromatic rings. The average molecular weight is 200 g/mol. The number of piperidine rings is 1. The van der Waals surface area contributed by atoms with Crippen LogP contribution in [0.25, 0.3) is 0 Å². The maximum Gasteiger partial charge on any atom is 0.325 e. The molecule has 1 aliphatic heterocycles. The molecule has 0 saturated carbocycles. The number of carbonyl (C=O) groups is 1. The topological polar surface area (TPSA) is 66.6 Å². The number of aliphatic carboxylic acids is 1. The van der Waals surface area contributed by atoms with Crippen molar-refractivity contribution >= 4 is 5.97 Å². The summed E-state index contributed by atoms with van der Waals surface area (Å²) in [5, 5.41) is 9.00. The molecule has 1 rings (SSSR count). The van der Waals surface area contributed by atoms with E-state index in [1.54, 1.807) is 0 Å². The lowest BCUT2D eigenvalue weighted by molar-refractivity contribution is -0.145. The molecule has 1 unspecified atom stereocenters. The first-order valence-electron chi connectivity index (χ1n) is 5.19. The average Bonchev–Trinajstić information content (AvgIpc) is 2.02. The summed E-state index contributed by atoms with van der Waals surface area (Å²) in [6, 6.07) is 0.